The number of rotatable bonds is 3. The molecule has 1 N–H and O–H groups in total. The average Bonchev–Trinajstić information content (AvgIpc) is 2.86. The lowest BCUT2D eigenvalue weighted by molar-refractivity contribution is 0.0587. The lowest BCUT2D eigenvalue weighted by Gasteiger charge is -2.08. The number of aromatic nitrogens is 3. The lowest BCUT2D eigenvalue weighted by Crippen LogP contribution is -2.05. The highest BCUT2D eigenvalue weighted by molar-refractivity contribution is 6.31. The highest BCUT2D eigenvalue weighted by Crippen LogP contribution is 2.25. The summed E-state index contributed by atoms with van der Waals surface area (Å²) in [7, 11) is 1.26. The van der Waals surface area contributed by atoms with E-state index < -0.39 is 12.1 Å². The van der Waals surface area contributed by atoms with E-state index in [0.717, 1.165) is 0 Å². The maximum Gasteiger partial charge on any atom is 0.377 e. The van der Waals surface area contributed by atoms with Gasteiger partial charge in [-0.1, -0.05) is 17.7 Å². The monoisotopic (exact) mass is 281 g/mol. The number of hydrogen-bond donors (Lipinski definition) is 1. The van der Waals surface area contributed by atoms with Crippen molar-refractivity contribution in [3.05, 3.63) is 40.9 Å². The van der Waals surface area contributed by atoms with Crippen LogP contribution >= 0.6 is 11.6 Å². The summed E-state index contributed by atoms with van der Waals surface area (Å²) in [5.74, 6) is -0.635. The molecule has 0 radical (unpaired) electrons. The van der Waals surface area contributed by atoms with E-state index in [1.54, 1.807) is 25.1 Å². The van der Waals surface area contributed by atoms with Crippen LogP contribution in [0.2, 0.25) is 5.02 Å². The van der Waals surface area contributed by atoms with Gasteiger partial charge in [0.05, 0.1) is 18.9 Å². The molecule has 2 aromatic rings. The summed E-state index contributed by atoms with van der Waals surface area (Å²) < 4.78 is 5.93. The van der Waals surface area contributed by atoms with Gasteiger partial charge in [-0.2, -0.15) is 0 Å². The molecule has 0 aliphatic heterocycles. The zero-order chi connectivity index (χ0) is 14.0. The summed E-state index contributed by atoms with van der Waals surface area (Å²) in [6.07, 6.45) is 0.739. The van der Waals surface area contributed by atoms with E-state index >= 15 is 0 Å². The summed E-state index contributed by atoms with van der Waals surface area (Å²) in [6.45, 7) is 1.63. The van der Waals surface area contributed by atoms with Gasteiger partial charge >= 0.3 is 5.97 Å². The molecule has 0 bridgehead atoms. The Hall–Kier alpha value is -1.92. The van der Waals surface area contributed by atoms with Crippen molar-refractivity contribution >= 4 is 17.6 Å². The number of methoxy groups -OCH3 is 1. The van der Waals surface area contributed by atoms with Crippen LogP contribution in [0.15, 0.2) is 24.5 Å². The largest absolute Gasteiger partial charge is 0.463 e. The van der Waals surface area contributed by atoms with E-state index in [2.05, 4.69) is 14.8 Å². The molecule has 19 heavy (non-hydrogen) atoms. The Bertz CT molecular complexity index is 610. The first-order chi connectivity index (χ1) is 9.02. The zero-order valence-electron chi connectivity index (χ0n) is 10.4. The summed E-state index contributed by atoms with van der Waals surface area (Å²) >= 11 is 6.06. The minimum Gasteiger partial charge on any atom is -0.463 e. The number of esters is 1. The second-order valence-electron chi connectivity index (χ2n) is 3.89. The van der Waals surface area contributed by atoms with Gasteiger partial charge in [-0.15, -0.1) is 5.10 Å². The molecule has 0 fully saturated rings. The van der Waals surface area contributed by atoms with Crippen molar-refractivity contribution < 1.29 is 14.6 Å². The van der Waals surface area contributed by atoms with Gasteiger partial charge in [0.1, 0.15) is 6.33 Å². The molecule has 100 valence electrons. The number of aliphatic hydroxyl groups excluding tert-OH is 1. The molecular weight excluding hydrogens is 270 g/mol. The highest BCUT2D eigenvalue weighted by Gasteiger charge is 2.13. The Kier molecular flexibility index (Phi) is 3.82. The van der Waals surface area contributed by atoms with Crippen LogP contribution in [0.4, 0.5) is 0 Å². The fraction of sp³-hybridized carbons (Fsp3) is 0.250. The van der Waals surface area contributed by atoms with E-state index in [1.165, 1.54) is 18.1 Å². The predicted octanol–water partition coefficient (Wildman–Crippen LogP) is 1.76. The molecule has 0 aliphatic rings. The molecule has 1 aromatic carbocycles. The molecule has 1 atom stereocenters. The first kappa shape index (κ1) is 13.5. The molecule has 0 spiro atoms. The second-order valence-corrected chi connectivity index (χ2v) is 4.29. The summed E-state index contributed by atoms with van der Waals surface area (Å²) in [4.78, 5) is 15.1. The third-order valence-electron chi connectivity index (χ3n) is 2.56. The van der Waals surface area contributed by atoms with Gasteiger partial charge in [0.15, 0.2) is 0 Å². The second kappa shape index (κ2) is 5.38. The van der Waals surface area contributed by atoms with Gasteiger partial charge in [0, 0.05) is 5.02 Å². The molecule has 2 rings (SSSR count). The molecule has 1 aromatic heterocycles. The molecular formula is C12H12ClN3O3. The highest BCUT2D eigenvalue weighted by atomic mass is 35.5. The van der Waals surface area contributed by atoms with Crippen LogP contribution in [-0.2, 0) is 4.74 Å². The minimum absolute atomic E-state index is 0.0294. The molecule has 0 saturated carbocycles. The molecule has 0 aliphatic carbocycles. The number of aliphatic hydroxyl groups is 1. The van der Waals surface area contributed by atoms with Crippen LogP contribution < -0.4 is 0 Å². The SMILES string of the molecule is COC(=O)c1ncn(-c2ccc(C(C)O)c(Cl)c2)n1. The van der Waals surface area contributed by atoms with Crippen LogP contribution in [0.5, 0.6) is 0 Å². The Morgan fingerprint density at radius 3 is 2.84 bits per heavy atom. The fourth-order valence-electron chi connectivity index (χ4n) is 1.57. The van der Waals surface area contributed by atoms with Crippen molar-refractivity contribution in [2.45, 2.75) is 13.0 Å². The number of benzene rings is 1. The topological polar surface area (TPSA) is 77.2 Å². The minimum atomic E-state index is -0.650. The van der Waals surface area contributed by atoms with Gasteiger partial charge in [-0.05, 0) is 24.6 Å². The van der Waals surface area contributed by atoms with Crippen LogP contribution in [0.3, 0.4) is 0 Å². The predicted molar refractivity (Wildman–Crippen MR) is 68.3 cm³/mol. The third-order valence-corrected chi connectivity index (χ3v) is 2.89. The first-order valence-electron chi connectivity index (χ1n) is 5.50. The molecule has 1 unspecified atom stereocenters. The summed E-state index contributed by atoms with van der Waals surface area (Å²) in [5.41, 5.74) is 1.26. The number of carbonyl (C=O) groups excluding carboxylic acids is 1. The quantitative estimate of drug-likeness (QED) is 0.868. The van der Waals surface area contributed by atoms with E-state index in [9.17, 15) is 9.90 Å². The zero-order valence-corrected chi connectivity index (χ0v) is 11.1. The van der Waals surface area contributed by atoms with Crippen LogP contribution in [0.1, 0.15) is 29.2 Å². The van der Waals surface area contributed by atoms with Crippen molar-refractivity contribution in [2.75, 3.05) is 7.11 Å². The molecule has 6 nitrogen and oxygen atoms in total. The fourth-order valence-corrected chi connectivity index (χ4v) is 1.90. The Balaban J connectivity index is 2.35. The first-order valence-corrected chi connectivity index (χ1v) is 5.88. The summed E-state index contributed by atoms with van der Waals surface area (Å²) in [5, 5.41) is 13.9. The van der Waals surface area contributed by atoms with Crippen LogP contribution in [0.25, 0.3) is 5.69 Å². The average molecular weight is 282 g/mol. The smallest absolute Gasteiger partial charge is 0.377 e. The van der Waals surface area contributed by atoms with E-state index in [4.69, 9.17) is 11.6 Å². The van der Waals surface area contributed by atoms with Crippen molar-refractivity contribution in [3.8, 4) is 5.69 Å². The standard InChI is InChI=1S/C12H12ClN3O3/c1-7(17)9-4-3-8(5-10(9)13)16-6-14-11(15-16)12(18)19-2/h3-7,17H,1-2H3. The molecule has 0 saturated heterocycles. The number of nitrogens with zero attached hydrogens (tertiary/aromatic N) is 3. The van der Waals surface area contributed by atoms with E-state index in [1.807, 2.05) is 0 Å². The van der Waals surface area contributed by atoms with Crippen molar-refractivity contribution in [2.24, 2.45) is 0 Å². The third kappa shape index (κ3) is 2.74. The summed E-state index contributed by atoms with van der Waals surface area (Å²) in [6, 6.07) is 5.06. The van der Waals surface area contributed by atoms with Crippen molar-refractivity contribution in [3.63, 3.8) is 0 Å². The normalized spacial score (nSPS) is 12.2. The van der Waals surface area contributed by atoms with E-state index in [-0.39, 0.29) is 5.82 Å². The maximum absolute atomic E-state index is 11.2. The van der Waals surface area contributed by atoms with Gasteiger partial charge in [0.2, 0.25) is 0 Å². The van der Waals surface area contributed by atoms with Gasteiger partial charge in [0.25, 0.3) is 5.82 Å². The van der Waals surface area contributed by atoms with Crippen molar-refractivity contribution in [1.82, 2.24) is 14.8 Å². The Morgan fingerprint density at radius 2 is 2.26 bits per heavy atom. The van der Waals surface area contributed by atoms with E-state index in [0.29, 0.717) is 16.3 Å². The molecule has 1 heterocycles. The Morgan fingerprint density at radius 1 is 1.53 bits per heavy atom. The van der Waals surface area contributed by atoms with Gasteiger partial charge in [-0.25, -0.2) is 14.5 Å². The molecule has 7 heteroatoms. The Labute approximate surface area is 114 Å². The number of halogens is 1. The van der Waals surface area contributed by atoms with Gasteiger partial charge < -0.3 is 9.84 Å². The number of ether oxygens (including phenoxy) is 1. The lowest BCUT2D eigenvalue weighted by atomic mass is 10.1. The number of hydrogen-bond acceptors (Lipinski definition) is 5. The van der Waals surface area contributed by atoms with Crippen LogP contribution in [0, 0.1) is 0 Å². The maximum atomic E-state index is 11.2. The van der Waals surface area contributed by atoms with Crippen LogP contribution in [-0.4, -0.2) is 33.0 Å². The molecule has 0 amide bonds. The van der Waals surface area contributed by atoms with Crippen molar-refractivity contribution in [1.29, 1.82) is 0 Å². The number of carbonyl (C=O) groups is 1. The van der Waals surface area contributed by atoms with Gasteiger partial charge in [-0.3, -0.25) is 0 Å².